The predicted octanol–water partition coefficient (Wildman–Crippen LogP) is 3.84. The van der Waals surface area contributed by atoms with E-state index in [9.17, 15) is 0 Å². The summed E-state index contributed by atoms with van der Waals surface area (Å²) in [6.07, 6.45) is 7.37. The fourth-order valence-corrected chi connectivity index (χ4v) is 2.98. The lowest BCUT2D eigenvalue weighted by Crippen LogP contribution is -2.21. The smallest absolute Gasteiger partial charge is 0.0210 e. The van der Waals surface area contributed by atoms with E-state index in [1.807, 2.05) is 0 Å². The number of rotatable bonds is 1. The first kappa shape index (κ1) is 10.6. The summed E-state index contributed by atoms with van der Waals surface area (Å²) in [6, 6.07) is 10.9. The van der Waals surface area contributed by atoms with E-state index in [2.05, 4.69) is 48.5 Å². The molecule has 0 unspecified atom stereocenters. The molecule has 0 atom stereocenters. The second kappa shape index (κ2) is 4.40. The molecular formula is C16H19N. The van der Waals surface area contributed by atoms with Crippen LogP contribution in [0.4, 0.5) is 0 Å². The van der Waals surface area contributed by atoms with E-state index >= 15 is 0 Å². The maximum atomic E-state index is 2.35. The van der Waals surface area contributed by atoms with Crippen LogP contribution in [0.1, 0.15) is 31.2 Å². The highest BCUT2D eigenvalue weighted by atomic mass is 15.1. The lowest BCUT2D eigenvalue weighted by Gasteiger charge is -2.31. The maximum Gasteiger partial charge on any atom is 0.0210 e. The van der Waals surface area contributed by atoms with Crippen molar-refractivity contribution < 1.29 is 0 Å². The molecule has 0 saturated heterocycles. The molecule has 0 spiro atoms. The standard InChI is InChI=1S/C16H19N/c1-17-11-10-16-14(12-17)8-5-9-15(16)13-6-3-2-4-7-13/h2-4,6-7,12H,5,8-11H2,1H3. The summed E-state index contributed by atoms with van der Waals surface area (Å²) in [5.41, 5.74) is 6.22. The van der Waals surface area contributed by atoms with Crippen LogP contribution in [0.25, 0.3) is 5.57 Å². The van der Waals surface area contributed by atoms with E-state index in [4.69, 9.17) is 0 Å². The largest absolute Gasteiger partial charge is 0.380 e. The van der Waals surface area contributed by atoms with Crippen LogP contribution in [0.15, 0.2) is 47.7 Å². The minimum Gasteiger partial charge on any atom is -0.380 e. The second-order valence-corrected chi connectivity index (χ2v) is 5.06. The Balaban J connectivity index is 2.06. The molecule has 0 fully saturated rings. The zero-order valence-corrected chi connectivity index (χ0v) is 10.4. The minimum atomic E-state index is 1.16. The summed E-state index contributed by atoms with van der Waals surface area (Å²) in [5, 5.41) is 0. The maximum absolute atomic E-state index is 2.35. The molecule has 1 nitrogen and oxygen atoms in total. The van der Waals surface area contributed by atoms with Crippen LogP contribution in [0.3, 0.4) is 0 Å². The van der Waals surface area contributed by atoms with Gasteiger partial charge in [-0.2, -0.15) is 0 Å². The molecule has 0 radical (unpaired) electrons. The van der Waals surface area contributed by atoms with E-state index < -0.39 is 0 Å². The average Bonchev–Trinajstić information content (AvgIpc) is 2.39. The normalized spacial score (nSPS) is 20.1. The van der Waals surface area contributed by atoms with Crippen molar-refractivity contribution in [1.82, 2.24) is 4.90 Å². The van der Waals surface area contributed by atoms with Gasteiger partial charge >= 0.3 is 0 Å². The Labute approximate surface area is 103 Å². The van der Waals surface area contributed by atoms with Crippen molar-refractivity contribution in [1.29, 1.82) is 0 Å². The highest BCUT2D eigenvalue weighted by Crippen LogP contribution is 2.39. The van der Waals surface area contributed by atoms with Gasteiger partial charge in [0, 0.05) is 19.8 Å². The van der Waals surface area contributed by atoms with E-state index in [1.165, 1.54) is 31.2 Å². The van der Waals surface area contributed by atoms with Crippen LogP contribution in [-0.4, -0.2) is 18.5 Å². The van der Waals surface area contributed by atoms with Crippen LogP contribution in [0.5, 0.6) is 0 Å². The highest BCUT2D eigenvalue weighted by molar-refractivity contribution is 5.74. The molecule has 17 heavy (non-hydrogen) atoms. The topological polar surface area (TPSA) is 3.24 Å². The van der Waals surface area contributed by atoms with Crippen molar-refractivity contribution in [2.24, 2.45) is 0 Å². The third-order valence-corrected chi connectivity index (χ3v) is 3.84. The minimum absolute atomic E-state index is 1.16. The number of fused-ring (bicyclic) bond motifs is 1. The van der Waals surface area contributed by atoms with Gasteiger partial charge in [0.05, 0.1) is 0 Å². The Kier molecular flexibility index (Phi) is 2.76. The summed E-state index contributed by atoms with van der Waals surface area (Å²) in [5.74, 6) is 0. The van der Waals surface area contributed by atoms with Crippen molar-refractivity contribution in [2.45, 2.75) is 25.7 Å². The Hall–Kier alpha value is -1.50. The lowest BCUT2D eigenvalue weighted by molar-refractivity contribution is 0.436. The molecule has 1 heteroatoms. The molecule has 0 N–H and O–H groups in total. The van der Waals surface area contributed by atoms with Crippen LogP contribution in [0.2, 0.25) is 0 Å². The molecule has 1 aliphatic heterocycles. The van der Waals surface area contributed by atoms with Gasteiger partial charge in [0.1, 0.15) is 0 Å². The number of hydrogen-bond donors (Lipinski definition) is 0. The molecule has 1 heterocycles. The molecule has 0 aromatic heterocycles. The molecule has 2 aliphatic rings. The van der Waals surface area contributed by atoms with E-state index in [0.717, 1.165) is 6.54 Å². The monoisotopic (exact) mass is 225 g/mol. The van der Waals surface area contributed by atoms with Gasteiger partial charge in [-0.25, -0.2) is 0 Å². The van der Waals surface area contributed by atoms with E-state index in [-0.39, 0.29) is 0 Å². The van der Waals surface area contributed by atoms with Gasteiger partial charge in [0.2, 0.25) is 0 Å². The zero-order valence-electron chi connectivity index (χ0n) is 10.4. The SMILES string of the molecule is CN1C=C2CCCC(c3ccccc3)=C2CC1. The summed E-state index contributed by atoms with van der Waals surface area (Å²) >= 11 is 0. The molecule has 1 aromatic carbocycles. The van der Waals surface area contributed by atoms with Gasteiger partial charge in [-0.05, 0) is 48.0 Å². The first-order chi connectivity index (χ1) is 8.34. The van der Waals surface area contributed by atoms with Crippen LogP contribution in [0, 0.1) is 0 Å². The van der Waals surface area contributed by atoms with Crippen molar-refractivity contribution in [3.63, 3.8) is 0 Å². The van der Waals surface area contributed by atoms with Crippen LogP contribution >= 0.6 is 0 Å². The lowest BCUT2D eigenvalue weighted by atomic mass is 9.81. The van der Waals surface area contributed by atoms with E-state index in [0.29, 0.717) is 0 Å². The van der Waals surface area contributed by atoms with Gasteiger partial charge in [-0.3, -0.25) is 0 Å². The quantitative estimate of drug-likeness (QED) is 0.702. The van der Waals surface area contributed by atoms with Crippen molar-refractivity contribution >= 4 is 5.57 Å². The van der Waals surface area contributed by atoms with Crippen LogP contribution in [-0.2, 0) is 0 Å². The number of benzene rings is 1. The number of allylic oxidation sites excluding steroid dienone is 2. The Morgan fingerprint density at radius 3 is 2.59 bits per heavy atom. The number of nitrogens with zero attached hydrogens (tertiary/aromatic N) is 1. The van der Waals surface area contributed by atoms with Crippen molar-refractivity contribution in [3.8, 4) is 0 Å². The van der Waals surface area contributed by atoms with Gasteiger partial charge in [0.15, 0.2) is 0 Å². The molecule has 0 bridgehead atoms. The zero-order chi connectivity index (χ0) is 11.7. The van der Waals surface area contributed by atoms with Gasteiger partial charge < -0.3 is 4.90 Å². The Morgan fingerprint density at radius 2 is 1.76 bits per heavy atom. The predicted molar refractivity (Wildman–Crippen MR) is 72.5 cm³/mol. The van der Waals surface area contributed by atoms with Crippen molar-refractivity contribution in [3.05, 3.63) is 53.2 Å². The molecule has 0 saturated carbocycles. The first-order valence-corrected chi connectivity index (χ1v) is 6.53. The molecular weight excluding hydrogens is 206 g/mol. The fraction of sp³-hybridized carbons (Fsp3) is 0.375. The second-order valence-electron chi connectivity index (χ2n) is 5.06. The summed E-state index contributed by atoms with van der Waals surface area (Å²) < 4.78 is 0. The Morgan fingerprint density at radius 1 is 0.941 bits per heavy atom. The Bertz CT molecular complexity index is 468. The molecule has 1 aromatic rings. The van der Waals surface area contributed by atoms with Crippen LogP contribution < -0.4 is 0 Å². The van der Waals surface area contributed by atoms with Crippen molar-refractivity contribution in [2.75, 3.05) is 13.6 Å². The van der Waals surface area contributed by atoms with Gasteiger partial charge in [-0.15, -0.1) is 0 Å². The molecule has 3 rings (SSSR count). The third-order valence-electron chi connectivity index (χ3n) is 3.84. The molecule has 88 valence electrons. The summed E-state index contributed by atoms with van der Waals surface area (Å²) in [7, 11) is 2.18. The van der Waals surface area contributed by atoms with Gasteiger partial charge in [-0.1, -0.05) is 30.3 Å². The van der Waals surface area contributed by atoms with Gasteiger partial charge in [0.25, 0.3) is 0 Å². The third kappa shape index (κ3) is 2.02. The molecule has 1 aliphatic carbocycles. The average molecular weight is 225 g/mol. The molecule has 0 amide bonds. The first-order valence-electron chi connectivity index (χ1n) is 6.53. The van der Waals surface area contributed by atoms with E-state index in [1.54, 1.807) is 16.7 Å². The summed E-state index contributed by atoms with van der Waals surface area (Å²) in [4.78, 5) is 2.33. The summed E-state index contributed by atoms with van der Waals surface area (Å²) in [6.45, 7) is 1.16. The number of hydrogen-bond acceptors (Lipinski definition) is 1. The fourth-order valence-electron chi connectivity index (χ4n) is 2.98. The highest BCUT2D eigenvalue weighted by Gasteiger charge is 2.21.